The summed E-state index contributed by atoms with van der Waals surface area (Å²) in [6.07, 6.45) is 7.84. The molecule has 1 aromatic carbocycles. The zero-order valence-electron chi connectivity index (χ0n) is 13.0. The van der Waals surface area contributed by atoms with Gasteiger partial charge in [0.2, 0.25) is 0 Å². The van der Waals surface area contributed by atoms with Crippen LogP contribution in [0.5, 0.6) is 5.75 Å². The van der Waals surface area contributed by atoms with Crippen LogP contribution in [0.2, 0.25) is 0 Å². The van der Waals surface area contributed by atoms with Gasteiger partial charge in [0, 0.05) is 6.04 Å². The molecule has 0 aliphatic heterocycles. The van der Waals surface area contributed by atoms with E-state index in [0.717, 1.165) is 24.8 Å². The number of ether oxygens (including phenoxy) is 1. The predicted octanol–water partition coefficient (Wildman–Crippen LogP) is 4.50. The quantitative estimate of drug-likeness (QED) is 0.635. The maximum Gasteiger partial charge on any atom is 0.122 e. The fourth-order valence-corrected chi connectivity index (χ4v) is 2.45. The van der Waals surface area contributed by atoms with E-state index in [0.29, 0.717) is 5.92 Å². The zero-order valence-corrected chi connectivity index (χ0v) is 13.0. The Morgan fingerprint density at radius 3 is 2.60 bits per heavy atom. The van der Waals surface area contributed by atoms with Crippen molar-refractivity contribution in [1.82, 2.24) is 5.32 Å². The minimum absolute atomic E-state index is 0.527. The van der Waals surface area contributed by atoms with Gasteiger partial charge in [-0.2, -0.15) is 0 Å². The van der Waals surface area contributed by atoms with Crippen molar-refractivity contribution in [3.8, 4) is 5.75 Å². The summed E-state index contributed by atoms with van der Waals surface area (Å²) in [5.41, 5.74) is 1.32. The van der Waals surface area contributed by atoms with Gasteiger partial charge in [-0.05, 0) is 49.8 Å². The normalized spacial score (nSPS) is 14.8. The summed E-state index contributed by atoms with van der Waals surface area (Å²) in [5, 5.41) is 3.56. The average Bonchev–Trinajstić information content (AvgIpc) is 3.26. The molecule has 0 heterocycles. The molecule has 1 aromatic rings. The third-order valence-corrected chi connectivity index (χ3v) is 3.88. The summed E-state index contributed by atoms with van der Waals surface area (Å²) in [6, 6.07) is 9.27. The second kappa shape index (κ2) is 8.31. The minimum atomic E-state index is 0.527. The standard InChI is InChI=1S/C18H29NO/c1-15(2)17-9-5-6-10-18(17)20-14-8-4-3-7-13-19-16-11-12-16/h5-6,9-10,15-16,19H,3-4,7-8,11-14H2,1-2H3. The lowest BCUT2D eigenvalue weighted by atomic mass is 10.0. The number of hydrogen-bond acceptors (Lipinski definition) is 2. The monoisotopic (exact) mass is 275 g/mol. The maximum absolute atomic E-state index is 5.94. The van der Waals surface area contributed by atoms with Crippen LogP contribution in [0.3, 0.4) is 0 Å². The van der Waals surface area contributed by atoms with Crippen molar-refractivity contribution in [3.63, 3.8) is 0 Å². The Balaban J connectivity index is 1.53. The van der Waals surface area contributed by atoms with Crippen molar-refractivity contribution >= 4 is 0 Å². The molecule has 2 heteroatoms. The van der Waals surface area contributed by atoms with Gasteiger partial charge in [-0.15, -0.1) is 0 Å². The smallest absolute Gasteiger partial charge is 0.122 e. The van der Waals surface area contributed by atoms with E-state index in [1.807, 2.05) is 0 Å². The molecule has 20 heavy (non-hydrogen) atoms. The molecule has 0 amide bonds. The Bertz CT molecular complexity index is 385. The third-order valence-electron chi connectivity index (χ3n) is 3.88. The summed E-state index contributed by atoms with van der Waals surface area (Å²) in [4.78, 5) is 0. The molecule has 1 fully saturated rings. The molecule has 0 spiro atoms. The maximum atomic E-state index is 5.94. The molecule has 2 rings (SSSR count). The van der Waals surface area contributed by atoms with Gasteiger partial charge in [0.15, 0.2) is 0 Å². The van der Waals surface area contributed by atoms with E-state index in [1.54, 1.807) is 0 Å². The van der Waals surface area contributed by atoms with E-state index in [4.69, 9.17) is 4.74 Å². The molecule has 0 radical (unpaired) electrons. The van der Waals surface area contributed by atoms with Crippen LogP contribution in [0.1, 0.15) is 63.9 Å². The van der Waals surface area contributed by atoms with Gasteiger partial charge in [0.25, 0.3) is 0 Å². The molecule has 0 atom stereocenters. The van der Waals surface area contributed by atoms with Crippen LogP contribution in [0.25, 0.3) is 0 Å². The fraction of sp³-hybridized carbons (Fsp3) is 0.667. The average molecular weight is 275 g/mol. The Labute approximate surface area is 123 Å². The molecule has 112 valence electrons. The lowest BCUT2D eigenvalue weighted by Crippen LogP contribution is -2.17. The first-order valence-corrected chi connectivity index (χ1v) is 8.22. The van der Waals surface area contributed by atoms with Gasteiger partial charge < -0.3 is 10.1 Å². The van der Waals surface area contributed by atoms with Gasteiger partial charge in [0.1, 0.15) is 5.75 Å². The number of rotatable bonds is 10. The van der Waals surface area contributed by atoms with E-state index in [2.05, 4.69) is 43.4 Å². The fourth-order valence-electron chi connectivity index (χ4n) is 2.45. The molecule has 0 aromatic heterocycles. The van der Waals surface area contributed by atoms with E-state index in [-0.39, 0.29) is 0 Å². The third kappa shape index (κ3) is 5.54. The van der Waals surface area contributed by atoms with Crippen LogP contribution in [-0.2, 0) is 0 Å². The number of benzene rings is 1. The van der Waals surface area contributed by atoms with E-state index in [9.17, 15) is 0 Å². The Morgan fingerprint density at radius 1 is 1.10 bits per heavy atom. The van der Waals surface area contributed by atoms with Crippen LogP contribution in [0, 0.1) is 0 Å². The minimum Gasteiger partial charge on any atom is -0.493 e. The molecule has 1 saturated carbocycles. The van der Waals surface area contributed by atoms with Gasteiger partial charge in [-0.1, -0.05) is 44.9 Å². The molecule has 1 N–H and O–H groups in total. The highest BCUT2D eigenvalue weighted by Gasteiger charge is 2.19. The number of nitrogens with one attached hydrogen (secondary N) is 1. The van der Waals surface area contributed by atoms with Crippen LogP contribution in [0.4, 0.5) is 0 Å². The van der Waals surface area contributed by atoms with Crippen molar-refractivity contribution in [2.75, 3.05) is 13.2 Å². The molecule has 0 unspecified atom stereocenters. The van der Waals surface area contributed by atoms with Gasteiger partial charge >= 0.3 is 0 Å². The largest absolute Gasteiger partial charge is 0.493 e. The summed E-state index contributed by atoms with van der Waals surface area (Å²) >= 11 is 0. The van der Waals surface area contributed by atoms with Crippen LogP contribution in [-0.4, -0.2) is 19.2 Å². The molecule has 0 bridgehead atoms. The second-order valence-corrected chi connectivity index (χ2v) is 6.18. The Kier molecular flexibility index (Phi) is 6.38. The molecule has 2 nitrogen and oxygen atoms in total. The Hall–Kier alpha value is -1.02. The first kappa shape index (κ1) is 15.4. The highest BCUT2D eigenvalue weighted by Crippen LogP contribution is 2.26. The van der Waals surface area contributed by atoms with Crippen molar-refractivity contribution in [3.05, 3.63) is 29.8 Å². The SMILES string of the molecule is CC(C)c1ccccc1OCCCCCCNC1CC1. The van der Waals surface area contributed by atoms with Gasteiger partial charge in [-0.3, -0.25) is 0 Å². The summed E-state index contributed by atoms with van der Waals surface area (Å²) in [6.45, 7) is 6.48. The lowest BCUT2D eigenvalue weighted by Gasteiger charge is -2.13. The molecular weight excluding hydrogens is 246 g/mol. The first-order chi connectivity index (χ1) is 9.77. The van der Waals surface area contributed by atoms with Gasteiger partial charge in [0.05, 0.1) is 6.61 Å². The summed E-state index contributed by atoms with van der Waals surface area (Å²) < 4.78 is 5.94. The predicted molar refractivity (Wildman–Crippen MR) is 85.5 cm³/mol. The second-order valence-electron chi connectivity index (χ2n) is 6.18. The zero-order chi connectivity index (χ0) is 14.2. The summed E-state index contributed by atoms with van der Waals surface area (Å²) in [5.74, 6) is 1.59. The number of para-hydroxylation sites is 1. The number of unbranched alkanes of at least 4 members (excludes halogenated alkanes) is 3. The van der Waals surface area contributed by atoms with E-state index in [1.165, 1.54) is 44.2 Å². The lowest BCUT2D eigenvalue weighted by molar-refractivity contribution is 0.300. The topological polar surface area (TPSA) is 21.3 Å². The highest BCUT2D eigenvalue weighted by molar-refractivity contribution is 5.35. The highest BCUT2D eigenvalue weighted by atomic mass is 16.5. The summed E-state index contributed by atoms with van der Waals surface area (Å²) in [7, 11) is 0. The molecule has 1 aliphatic carbocycles. The molecule has 0 saturated heterocycles. The van der Waals surface area contributed by atoms with Crippen molar-refractivity contribution in [1.29, 1.82) is 0 Å². The van der Waals surface area contributed by atoms with E-state index < -0.39 is 0 Å². The van der Waals surface area contributed by atoms with Crippen molar-refractivity contribution in [2.45, 2.75) is 64.3 Å². The van der Waals surface area contributed by atoms with E-state index >= 15 is 0 Å². The Morgan fingerprint density at radius 2 is 1.85 bits per heavy atom. The van der Waals surface area contributed by atoms with Crippen LogP contribution >= 0.6 is 0 Å². The van der Waals surface area contributed by atoms with Crippen molar-refractivity contribution < 1.29 is 4.74 Å². The molecular formula is C18H29NO. The first-order valence-electron chi connectivity index (χ1n) is 8.22. The molecule has 1 aliphatic rings. The number of hydrogen-bond donors (Lipinski definition) is 1. The van der Waals surface area contributed by atoms with Crippen LogP contribution in [0.15, 0.2) is 24.3 Å². The van der Waals surface area contributed by atoms with Crippen molar-refractivity contribution in [2.24, 2.45) is 0 Å². The van der Waals surface area contributed by atoms with Crippen LogP contribution < -0.4 is 10.1 Å². The van der Waals surface area contributed by atoms with Gasteiger partial charge in [-0.25, -0.2) is 0 Å².